The molecule has 1 aliphatic rings. The number of nitrogen functional groups attached to an aromatic ring is 1. The van der Waals surface area contributed by atoms with Gasteiger partial charge in [-0.15, -0.1) is 0 Å². The monoisotopic (exact) mass is 294 g/mol. The van der Waals surface area contributed by atoms with Gasteiger partial charge in [0.25, 0.3) is 0 Å². The van der Waals surface area contributed by atoms with Crippen LogP contribution in [0.25, 0.3) is 11.0 Å². The van der Waals surface area contributed by atoms with Gasteiger partial charge < -0.3 is 30.4 Å². The Morgan fingerprint density at radius 3 is 2.76 bits per heavy atom. The van der Waals surface area contributed by atoms with Gasteiger partial charge in [-0.3, -0.25) is 4.79 Å². The third-order valence-corrected chi connectivity index (χ3v) is 3.53. The lowest BCUT2D eigenvalue weighted by atomic mass is 10.1. The summed E-state index contributed by atoms with van der Waals surface area (Å²) in [7, 11) is 0. The Balaban J connectivity index is 2.16. The number of fused-ring (bicyclic) bond motifs is 1. The lowest BCUT2D eigenvalue weighted by Gasteiger charge is -2.20. The minimum absolute atomic E-state index is 0.0195. The second-order valence-corrected chi connectivity index (χ2v) is 4.77. The van der Waals surface area contributed by atoms with E-state index in [2.05, 4.69) is 9.97 Å². The van der Waals surface area contributed by atoms with Crippen LogP contribution in [0.2, 0.25) is 0 Å². The van der Waals surface area contributed by atoms with Gasteiger partial charge in [0.05, 0.1) is 6.61 Å². The van der Waals surface area contributed by atoms with Crippen LogP contribution in [0.5, 0.6) is 0 Å². The second-order valence-electron chi connectivity index (χ2n) is 4.77. The van der Waals surface area contributed by atoms with E-state index in [4.69, 9.17) is 15.6 Å². The molecule has 3 heterocycles. The van der Waals surface area contributed by atoms with E-state index in [1.165, 1.54) is 23.2 Å². The molecule has 3 rings (SSSR count). The minimum Gasteiger partial charge on any atom is -0.394 e. The highest BCUT2D eigenvalue weighted by Crippen LogP contribution is 2.30. The lowest BCUT2D eigenvalue weighted by Crippen LogP contribution is -2.33. The first-order chi connectivity index (χ1) is 10.0. The van der Waals surface area contributed by atoms with Crippen molar-refractivity contribution in [3.05, 3.63) is 28.8 Å². The molecule has 0 saturated carbocycles. The first-order valence-electron chi connectivity index (χ1n) is 6.28. The lowest BCUT2D eigenvalue weighted by molar-refractivity contribution is -0.0511. The molecule has 0 aliphatic carbocycles. The van der Waals surface area contributed by atoms with Crippen molar-refractivity contribution < 1.29 is 20.1 Å². The quantitative estimate of drug-likeness (QED) is 0.497. The number of ether oxygens (including phenoxy) is 1. The summed E-state index contributed by atoms with van der Waals surface area (Å²) in [6, 6.07) is 1.25. The van der Waals surface area contributed by atoms with E-state index < -0.39 is 31.1 Å². The molecule has 0 aromatic carbocycles. The van der Waals surface area contributed by atoms with Gasteiger partial charge in [0.2, 0.25) is 0 Å². The Morgan fingerprint density at radius 2 is 2.10 bits per heavy atom. The summed E-state index contributed by atoms with van der Waals surface area (Å²) in [5.41, 5.74) is 5.51. The molecule has 5 N–H and O–H groups in total. The largest absolute Gasteiger partial charge is 0.394 e. The molecule has 1 saturated heterocycles. The molecule has 0 spiro atoms. The number of nitrogens with two attached hydrogens (primary N) is 1. The average Bonchev–Trinajstić information content (AvgIpc) is 2.76. The first-order valence-corrected chi connectivity index (χ1v) is 6.28. The van der Waals surface area contributed by atoms with Crippen molar-refractivity contribution in [1.82, 2.24) is 14.5 Å². The van der Waals surface area contributed by atoms with Crippen molar-refractivity contribution in [3.8, 4) is 0 Å². The maximum Gasteiger partial charge on any atom is 0.194 e. The standard InChI is InChI=1S/C12H14N4O5/c13-10-7-5(18)1-2-16(11(7)15-4-14-10)12-9(20)8(19)6(3-17)21-12/h1-2,4,6,8-9,12,17,19-20H,3H2,(H2,13,14,15)/t6-,8+,9-,12-/m1/s1. The van der Waals surface area contributed by atoms with Crippen molar-refractivity contribution in [3.63, 3.8) is 0 Å². The van der Waals surface area contributed by atoms with Crippen LogP contribution < -0.4 is 11.2 Å². The van der Waals surface area contributed by atoms with Crippen molar-refractivity contribution in [2.45, 2.75) is 24.5 Å². The third-order valence-electron chi connectivity index (χ3n) is 3.53. The van der Waals surface area contributed by atoms with Gasteiger partial charge in [-0.05, 0) is 0 Å². The number of anilines is 1. The molecule has 4 atom stereocenters. The Labute approximate surface area is 118 Å². The van der Waals surface area contributed by atoms with Crippen molar-refractivity contribution in [2.75, 3.05) is 12.3 Å². The molecule has 112 valence electrons. The zero-order chi connectivity index (χ0) is 15.1. The maximum absolute atomic E-state index is 11.9. The highest BCUT2D eigenvalue weighted by Gasteiger charge is 2.43. The molecule has 2 aromatic rings. The Bertz CT molecular complexity index is 733. The summed E-state index contributed by atoms with van der Waals surface area (Å²) in [5.74, 6) is 0.0195. The number of aliphatic hydroxyl groups excluding tert-OH is 3. The van der Waals surface area contributed by atoms with Crippen LogP contribution in [-0.4, -0.2) is 54.8 Å². The van der Waals surface area contributed by atoms with Crippen LogP contribution in [0.1, 0.15) is 6.23 Å². The fraction of sp³-hybridized carbons (Fsp3) is 0.417. The van der Waals surface area contributed by atoms with Crippen molar-refractivity contribution in [1.29, 1.82) is 0 Å². The van der Waals surface area contributed by atoms with E-state index in [1.54, 1.807) is 0 Å². The fourth-order valence-corrected chi connectivity index (χ4v) is 2.44. The minimum atomic E-state index is -1.27. The molecule has 0 bridgehead atoms. The molecule has 9 nitrogen and oxygen atoms in total. The summed E-state index contributed by atoms with van der Waals surface area (Å²) in [6.07, 6.45) is -1.85. The number of hydrogen-bond acceptors (Lipinski definition) is 8. The summed E-state index contributed by atoms with van der Waals surface area (Å²) < 4.78 is 6.81. The zero-order valence-electron chi connectivity index (χ0n) is 10.8. The Morgan fingerprint density at radius 1 is 1.33 bits per heavy atom. The number of nitrogens with zero attached hydrogens (tertiary/aromatic N) is 3. The highest BCUT2D eigenvalue weighted by atomic mass is 16.6. The Kier molecular flexibility index (Phi) is 3.33. The second kappa shape index (κ2) is 5.04. The summed E-state index contributed by atoms with van der Waals surface area (Å²) in [4.78, 5) is 19.6. The average molecular weight is 294 g/mol. The molecule has 0 amide bonds. The van der Waals surface area contributed by atoms with Crippen molar-refractivity contribution in [2.24, 2.45) is 0 Å². The van der Waals surface area contributed by atoms with Gasteiger partial charge in [-0.1, -0.05) is 0 Å². The number of aromatic nitrogens is 3. The van der Waals surface area contributed by atoms with Crippen LogP contribution in [0.3, 0.4) is 0 Å². The van der Waals surface area contributed by atoms with Crippen LogP contribution in [-0.2, 0) is 4.74 Å². The van der Waals surface area contributed by atoms with Gasteiger partial charge in [0, 0.05) is 12.3 Å². The van der Waals surface area contributed by atoms with E-state index in [-0.39, 0.29) is 22.3 Å². The molecule has 1 aliphatic heterocycles. The van der Waals surface area contributed by atoms with E-state index in [0.29, 0.717) is 0 Å². The predicted octanol–water partition coefficient (Wildman–Crippen LogP) is -2.01. The fourth-order valence-electron chi connectivity index (χ4n) is 2.44. The van der Waals surface area contributed by atoms with Crippen LogP contribution in [0, 0.1) is 0 Å². The molecule has 0 unspecified atom stereocenters. The van der Waals surface area contributed by atoms with Gasteiger partial charge in [-0.25, -0.2) is 9.97 Å². The number of hydrogen-bond donors (Lipinski definition) is 4. The molecular weight excluding hydrogens is 280 g/mol. The van der Waals surface area contributed by atoms with Crippen molar-refractivity contribution >= 4 is 16.9 Å². The van der Waals surface area contributed by atoms with Gasteiger partial charge in [-0.2, -0.15) is 0 Å². The first kappa shape index (κ1) is 13.9. The highest BCUT2D eigenvalue weighted by molar-refractivity contribution is 5.84. The van der Waals surface area contributed by atoms with E-state index in [1.807, 2.05) is 0 Å². The van der Waals surface area contributed by atoms with Gasteiger partial charge >= 0.3 is 0 Å². The predicted molar refractivity (Wildman–Crippen MR) is 71.2 cm³/mol. The van der Waals surface area contributed by atoms with Crippen LogP contribution >= 0.6 is 0 Å². The molecule has 21 heavy (non-hydrogen) atoms. The summed E-state index contributed by atoms with van der Waals surface area (Å²) in [6.45, 7) is -0.440. The SMILES string of the molecule is Nc1ncnc2c1c(=O)ccn2[C@@H]1O[C@H](CO)[C@H](O)[C@H]1O. The molecule has 1 fully saturated rings. The number of rotatable bonds is 2. The van der Waals surface area contributed by atoms with E-state index >= 15 is 0 Å². The van der Waals surface area contributed by atoms with Gasteiger partial charge in [0.15, 0.2) is 17.3 Å². The Hall–Kier alpha value is -2.07. The van der Waals surface area contributed by atoms with E-state index in [0.717, 1.165) is 0 Å². The summed E-state index contributed by atoms with van der Waals surface area (Å²) in [5, 5.41) is 29.1. The smallest absolute Gasteiger partial charge is 0.194 e. The number of aliphatic hydroxyl groups is 3. The molecule has 2 aromatic heterocycles. The topological polar surface area (TPSA) is 144 Å². The molecule has 9 heteroatoms. The molecular formula is C12H14N4O5. The third kappa shape index (κ3) is 2.07. The van der Waals surface area contributed by atoms with Crippen LogP contribution in [0.4, 0.5) is 5.82 Å². The van der Waals surface area contributed by atoms with Gasteiger partial charge in [0.1, 0.15) is 35.8 Å². The molecule has 0 radical (unpaired) electrons. The van der Waals surface area contributed by atoms with E-state index in [9.17, 15) is 15.0 Å². The van der Waals surface area contributed by atoms with Crippen LogP contribution in [0.15, 0.2) is 23.4 Å². The number of pyridine rings is 1. The normalized spacial score (nSPS) is 29.1. The zero-order valence-corrected chi connectivity index (χ0v) is 10.8. The maximum atomic E-state index is 11.9. The summed E-state index contributed by atoms with van der Waals surface area (Å²) >= 11 is 0.